The van der Waals surface area contributed by atoms with Crippen LogP contribution in [0.5, 0.6) is 0 Å². The fourth-order valence-electron chi connectivity index (χ4n) is 2.16. The lowest BCUT2D eigenvalue weighted by Gasteiger charge is -2.34. The monoisotopic (exact) mass is 284 g/mol. The Hall–Kier alpha value is -1.40. The number of carbonyl (C=O) groups excluding carboxylic acids is 2. The van der Waals surface area contributed by atoms with E-state index in [1.54, 1.807) is 4.90 Å². The van der Waals surface area contributed by atoms with Gasteiger partial charge in [-0.2, -0.15) is 0 Å². The number of hydrogen-bond acceptors (Lipinski definition) is 5. The molecule has 0 radical (unpaired) electrons. The first-order valence-electron chi connectivity index (χ1n) is 6.81. The minimum Gasteiger partial charge on any atom is -0.468 e. The molecule has 0 aliphatic carbocycles. The van der Waals surface area contributed by atoms with Crippen LogP contribution >= 0.6 is 0 Å². The van der Waals surface area contributed by atoms with Gasteiger partial charge in [0.1, 0.15) is 6.04 Å². The summed E-state index contributed by atoms with van der Waals surface area (Å²) in [7, 11) is 1.34. The molecule has 1 fully saturated rings. The van der Waals surface area contributed by atoms with Gasteiger partial charge in [0.2, 0.25) is 5.91 Å². The molecule has 0 aromatic rings. The van der Waals surface area contributed by atoms with Crippen LogP contribution in [0.2, 0.25) is 0 Å². The largest absolute Gasteiger partial charge is 0.468 e. The molecular formula is C14H24N2O4. The van der Waals surface area contributed by atoms with E-state index in [-0.39, 0.29) is 25.0 Å². The highest BCUT2D eigenvalue weighted by Crippen LogP contribution is 2.09. The second kappa shape index (κ2) is 8.01. The molecule has 0 bridgehead atoms. The minimum atomic E-state index is -0.499. The number of esters is 1. The molecule has 1 aliphatic heterocycles. The molecule has 6 nitrogen and oxygen atoms in total. The van der Waals surface area contributed by atoms with Gasteiger partial charge in [-0.15, -0.1) is 0 Å². The van der Waals surface area contributed by atoms with E-state index in [9.17, 15) is 9.59 Å². The molecule has 1 amide bonds. The quantitative estimate of drug-likeness (QED) is 0.518. The van der Waals surface area contributed by atoms with E-state index in [1.807, 2.05) is 18.7 Å². The summed E-state index contributed by atoms with van der Waals surface area (Å²) in [5.41, 5.74) is 0.937. The lowest BCUT2D eigenvalue weighted by Crippen LogP contribution is -2.54. The van der Waals surface area contributed by atoms with E-state index >= 15 is 0 Å². The molecule has 114 valence electrons. The normalized spacial score (nSPS) is 19.4. The molecule has 1 heterocycles. The third-order valence-electron chi connectivity index (χ3n) is 3.25. The summed E-state index contributed by atoms with van der Waals surface area (Å²) in [5, 5.41) is 0. The Balaban J connectivity index is 2.65. The number of hydrogen-bond donors (Lipinski definition) is 0. The van der Waals surface area contributed by atoms with Gasteiger partial charge in [0.25, 0.3) is 0 Å². The molecular weight excluding hydrogens is 260 g/mol. The van der Waals surface area contributed by atoms with Crippen molar-refractivity contribution in [2.24, 2.45) is 0 Å². The van der Waals surface area contributed by atoms with Crippen LogP contribution in [-0.2, 0) is 19.1 Å². The maximum absolute atomic E-state index is 12.3. The zero-order valence-corrected chi connectivity index (χ0v) is 12.6. The van der Waals surface area contributed by atoms with Gasteiger partial charge in [0.15, 0.2) is 0 Å². The maximum Gasteiger partial charge on any atom is 0.325 e. The van der Waals surface area contributed by atoms with Gasteiger partial charge >= 0.3 is 5.97 Å². The van der Waals surface area contributed by atoms with E-state index in [1.165, 1.54) is 7.11 Å². The Morgan fingerprint density at radius 1 is 1.50 bits per heavy atom. The van der Waals surface area contributed by atoms with Gasteiger partial charge in [-0.3, -0.25) is 14.5 Å². The molecule has 1 unspecified atom stereocenters. The maximum atomic E-state index is 12.3. The van der Waals surface area contributed by atoms with E-state index in [0.717, 1.165) is 5.57 Å². The van der Waals surface area contributed by atoms with Crippen molar-refractivity contribution in [1.82, 2.24) is 9.80 Å². The Morgan fingerprint density at radius 2 is 2.20 bits per heavy atom. The number of likely N-dealkylation sites (N-methyl/N-ethyl adjacent to an activating group) is 1. The third-order valence-corrected chi connectivity index (χ3v) is 3.25. The Morgan fingerprint density at radius 3 is 2.75 bits per heavy atom. The SMILES string of the molecule is C=C(C)CN(CC)C(=O)CN1CCOCC1C(=O)OC. The third kappa shape index (κ3) is 4.61. The van der Waals surface area contributed by atoms with Crippen molar-refractivity contribution in [2.45, 2.75) is 19.9 Å². The van der Waals surface area contributed by atoms with Crippen molar-refractivity contribution < 1.29 is 19.1 Å². The minimum absolute atomic E-state index is 0.00805. The first-order valence-corrected chi connectivity index (χ1v) is 6.81. The number of nitrogens with zero attached hydrogens (tertiary/aromatic N) is 2. The lowest BCUT2D eigenvalue weighted by molar-refractivity contribution is -0.154. The molecule has 0 spiro atoms. The molecule has 1 saturated heterocycles. The van der Waals surface area contributed by atoms with Gasteiger partial charge in [-0.1, -0.05) is 12.2 Å². The Kier molecular flexibility index (Phi) is 6.67. The second-order valence-corrected chi connectivity index (χ2v) is 4.95. The summed E-state index contributed by atoms with van der Waals surface area (Å²) in [6.07, 6.45) is 0. The van der Waals surface area contributed by atoms with Crippen LogP contribution in [0.1, 0.15) is 13.8 Å². The summed E-state index contributed by atoms with van der Waals surface area (Å²) in [4.78, 5) is 27.5. The molecule has 0 N–H and O–H groups in total. The summed E-state index contributed by atoms with van der Waals surface area (Å²) in [5.74, 6) is -0.369. The predicted molar refractivity (Wildman–Crippen MR) is 75.3 cm³/mol. The van der Waals surface area contributed by atoms with E-state index in [0.29, 0.717) is 26.2 Å². The molecule has 6 heteroatoms. The zero-order chi connectivity index (χ0) is 15.1. The van der Waals surface area contributed by atoms with Crippen molar-refractivity contribution in [3.8, 4) is 0 Å². The topological polar surface area (TPSA) is 59.1 Å². The Labute approximate surface area is 120 Å². The van der Waals surface area contributed by atoms with Crippen molar-refractivity contribution in [3.05, 3.63) is 12.2 Å². The summed E-state index contributed by atoms with van der Waals surface area (Å²) in [6.45, 7) is 10.4. The van der Waals surface area contributed by atoms with Crippen LogP contribution in [0.4, 0.5) is 0 Å². The molecule has 1 aliphatic rings. The van der Waals surface area contributed by atoms with Gasteiger partial charge in [0.05, 0.1) is 26.9 Å². The highest BCUT2D eigenvalue weighted by atomic mass is 16.5. The number of carbonyl (C=O) groups is 2. The smallest absolute Gasteiger partial charge is 0.325 e. The molecule has 1 rings (SSSR count). The number of morpholine rings is 1. The van der Waals surface area contributed by atoms with Crippen LogP contribution in [0.25, 0.3) is 0 Å². The number of methoxy groups -OCH3 is 1. The first kappa shape index (κ1) is 16.7. The number of rotatable bonds is 6. The van der Waals surface area contributed by atoms with Crippen molar-refractivity contribution in [2.75, 3.05) is 46.5 Å². The highest BCUT2D eigenvalue weighted by Gasteiger charge is 2.32. The van der Waals surface area contributed by atoms with Crippen LogP contribution < -0.4 is 0 Å². The van der Waals surface area contributed by atoms with Crippen LogP contribution in [0.3, 0.4) is 0 Å². The molecule has 20 heavy (non-hydrogen) atoms. The number of ether oxygens (including phenoxy) is 2. The van der Waals surface area contributed by atoms with Crippen LogP contribution in [0.15, 0.2) is 12.2 Å². The summed E-state index contributed by atoms with van der Waals surface area (Å²) < 4.78 is 10.0. The molecule has 0 aromatic heterocycles. The van der Waals surface area contributed by atoms with Crippen molar-refractivity contribution >= 4 is 11.9 Å². The molecule has 0 saturated carbocycles. The standard InChI is InChI=1S/C14H24N2O4/c1-5-15(8-11(2)3)13(17)9-16-6-7-20-10-12(16)14(18)19-4/h12H,2,5-10H2,1,3-4H3. The fraction of sp³-hybridized carbons (Fsp3) is 0.714. The highest BCUT2D eigenvalue weighted by molar-refractivity contribution is 5.81. The second-order valence-electron chi connectivity index (χ2n) is 4.95. The first-order chi connectivity index (χ1) is 9.49. The Bertz CT molecular complexity index is 370. The van der Waals surface area contributed by atoms with Crippen LogP contribution in [0, 0.1) is 0 Å². The van der Waals surface area contributed by atoms with Gasteiger partial charge in [0, 0.05) is 19.6 Å². The van der Waals surface area contributed by atoms with E-state index in [2.05, 4.69) is 6.58 Å². The summed E-state index contributed by atoms with van der Waals surface area (Å²) in [6, 6.07) is -0.499. The summed E-state index contributed by atoms with van der Waals surface area (Å²) >= 11 is 0. The van der Waals surface area contributed by atoms with Gasteiger partial charge in [-0.05, 0) is 13.8 Å². The van der Waals surface area contributed by atoms with Crippen molar-refractivity contribution in [3.63, 3.8) is 0 Å². The fourth-order valence-corrected chi connectivity index (χ4v) is 2.16. The zero-order valence-electron chi connectivity index (χ0n) is 12.6. The average molecular weight is 284 g/mol. The van der Waals surface area contributed by atoms with Gasteiger partial charge < -0.3 is 14.4 Å². The molecule has 0 aromatic carbocycles. The van der Waals surface area contributed by atoms with E-state index in [4.69, 9.17) is 9.47 Å². The lowest BCUT2D eigenvalue weighted by atomic mass is 10.2. The van der Waals surface area contributed by atoms with Crippen molar-refractivity contribution in [1.29, 1.82) is 0 Å². The predicted octanol–water partition coefficient (Wildman–Crippen LogP) is 0.285. The van der Waals surface area contributed by atoms with Gasteiger partial charge in [-0.25, -0.2) is 0 Å². The average Bonchev–Trinajstić information content (AvgIpc) is 2.44. The van der Waals surface area contributed by atoms with Crippen LogP contribution in [-0.4, -0.2) is 74.2 Å². The molecule has 1 atom stereocenters. The van der Waals surface area contributed by atoms with E-state index < -0.39 is 6.04 Å². The number of amides is 1.